The van der Waals surface area contributed by atoms with Crippen molar-refractivity contribution in [3.05, 3.63) is 23.9 Å². The third kappa shape index (κ3) is 5.87. The highest BCUT2D eigenvalue weighted by atomic mass is 16.5. The number of hydrogen-bond donors (Lipinski definition) is 3. The number of ether oxygens (including phenoxy) is 1. The molecular formula is C18H30N6O2. The predicted molar refractivity (Wildman–Crippen MR) is 103 cm³/mol. The van der Waals surface area contributed by atoms with Crippen LogP contribution in [0.3, 0.4) is 0 Å². The molecule has 0 bridgehead atoms. The Bertz CT molecular complexity index is 607. The number of methoxy groups -OCH3 is 1. The van der Waals surface area contributed by atoms with Crippen molar-refractivity contribution in [3.63, 3.8) is 0 Å². The maximum absolute atomic E-state index is 11.5. The zero-order valence-corrected chi connectivity index (χ0v) is 15.7. The summed E-state index contributed by atoms with van der Waals surface area (Å²) < 4.78 is 5.05. The van der Waals surface area contributed by atoms with Crippen molar-refractivity contribution in [2.75, 3.05) is 45.3 Å². The van der Waals surface area contributed by atoms with Crippen LogP contribution in [0, 0.1) is 5.92 Å². The molecule has 2 rings (SSSR count). The van der Waals surface area contributed by atoms with Gasteiger partial charge in [0.2, 0.25) is 5.91 Å². The molecule has 1 fully saturated rings. The summed E-state index contributed by atoms with van der Waals surface area (Å²) in [6.07, 6.45) is 4.49. The number of pyridine rings is 1. The van der Waals surface area contributed by atoms with Crippen molar-refractivity contribution in [3.8, 4) is 0 Å². The Hall–Kier alpha value is -2.35. The quantitative estimate of drug-likeness (QED) is 0.353. The molecular weight excluding hydrogens is 332 g/mol. The number of aliphatic imine (C=N–C) groups is 1. The second kappa shape index (κ2) is 10.6. The van der Waals surface area contributed by atoms with Gasteiger partial charge in [-0.1, -0.05) is 6.07 Å². The predicted octanol–water partition coefficient (Wildman–Crippen LogP) is 0.485. The second-order valence-corrected chi connectivity index (χ2v) is 6.37. The highest BCUT2D eigenvalue weighted by Crippen LogP contribution is 2.24. The summed E-state index contributed by atoms with van der Waals surface area (Å²) in [7, 11) is 3.44. The summed E-state index contributed by atoms with van der Waals surface area (Å²) in [5.41, 5.74) is 6.57. The molecule has 0 radical (unpaired) electrons. The average Bonchev–Trinajstić information content (AvgIpc) is 2.68. The first-order chi connectivity index (χ1) is 12.7. The van der Waals surface area contributed by atoms with Gasteiger partial charge in [0.25, 0.3) is 0 Å². The molecule has 1 aromatic rings. The molecule has 0 saturated carbocycles. The second-order valence-electron chi connectivity index (χ2n) is 6.37. The van der Waals surface area contributed by atoms with E-state index in [1.165, 1.54) is 0 Å². The van der Waals surface area contributed by atoms with Crippen molar-refractivity contribution in [2.45, 2.75) is 25.8 Å². The first kappa shape index (κ1) is 20.0. The molecule has 0 spiro atoms. The summed E-state index contributed by atoms with van der Waals surface area (Å²) in [5.74, 6) is 1.30. The zero-order chi connectivity index (χ0) is 18.8. The molecule has 8 heteroatoms. The Morgan fingerprint density at radius 1 is 1.50 bits per heavy atom. The van der Waals surface area contributed by atoms with E-state index in [1.807, 2.05) is 12.1 Å². The van der Waals surface area contributed by atoms with Gasteiger partial charge in [-0.25, -0.2) is 4.98 Å². The van der Waals surface area contributed by atoms with Crippen molar-refractivity contribution < 1.29 is 9.53 Å². The third-order valence-corrected chi connectivity index (χ3v) is 4.48. The van der Waals surface area contributed by atoms with Gasteiger partial charge in [-0.2, -0.15) is 0 Å². The molecule has 1 aromatic heterocycles. The number of carbonyl (C=O) groups excluding carboxylic acids is 1. The molecule has 1 unspecified atom stereocenters. The Kier molecular flexibility index (Phi) is 8.14. The SMILES string of the molecule is CN=C(NCCCOC)NCc1cccnc1N1CCCC(C(N)=O)C1. The minimum absolute atomic E-state index is 0.109. The smallest absolute Gasteiger partial charge is 0.222 e. The van der Waals surface area contributed by atoms with Gasteiger partial charge in [0.15, 0.2) is 5.96 Å². The van der Waals surface area contributed by atoms with Crippen LogP contribution in [-0.2, 0) is 16.1 Å². The van der Waals surface area contributed by atoms with E-state index in [2.05, 4.69) is 25.5 Å². The molecule has 0 aliphatic carbocycles. The zero-order valence-electron chi connectivity index (χ0n) is 15.7. The number of guanidine groups is 1. The van der Waals surface area contributed by atoms with E-state index in [9.17, 15) is 4.79 Å². The summed E-state index contributed by atoms with van der Waals surface area (Å²) >= 11 is 0. The lowest BCUT2D eigenvalue weighted by Crippen LogP contribution is -2.42. The minimum Gasteiger partial charge on any atom is -0.385 e. The first-order valence-corrected chi connectivity index (χ1v) is 9.07. The number of amides is 1. The summed E-state index contributed by atoms with van der Waals surface area (Å²) in [5, 5.41) is 6.58. The lowest BCUT2D eigenvalue weighted by atomic mass is 9.97. The maximum atomic E-state index is 11.5. The number of primary amides is 1. The van der Waals surface area contributed by atoms with Crippen molar-refractivity contribution in [1.82, 2.24) is 15.6 Å². The fourth-order valence-corrected chi connectivity index (χ4v) is 3.08. The summed E-state index contributed by atoms with van der Waals surface area (Å²) in [4.78, 5) is 22.5. The van der Waals surface area contributed by atoms with Crippen LogP contribution in [0.5, 0.6) is 0 Å². The monoisotopic (exact) mass is 362 g/mol. The molecule has 2 heterocycles. The number of aromatic nitrogens is 1. The number of nitrogens with zero attached hydrogens (tertiary/aromatic N) is 3. The summed E-state index contributed by atoms with van der Waals surface area (Å²) in [6, 6.07) is 3.96. The van der Waals surface area contributed by atoms with Gasteiger partial charge in [0.05, 0.1) is 5.92 Å². The fraction of sp³-hybridized carbons (Fsp3) is 0.611. The van der Waals surface area contributed by atoms with Crippen molar-refractivity contribution >= 4 is 17.7 Å². The van der Waals surface area contributed by atoms with Crippen LogP contribution in [0.25, 0.3) is 0 Å². The summed E-state index contributed by atoms with van der Waals surface area (Å²) in [6.45, 7) is 3.62. The maximum Gasteiger partial charge on any atom is 0.222 e. The minimum atomic E-state index is -0.231. The van der Waals surface area contributed by atoms with Gasteiger partial charge in [0.1, 0.15) is 5.82 Å². The molecule has 4 N–H and O–H groups in total. The van der Waals surface area contributed by atoms with Gasteiger partial charge < -0.3 is 26.0 Å². The molecule has 144 valence electrons. The van der Waals surface area contributed by atoms with E-state index >= 15 is 0 Å². The first-order valence-electron chi connectivity index (χ1n) is 9.07. The van der Waals surface area contributed by atoms with E-state index in [1.54, 1.807) is 20.4 Å². The standard InChI is InChI=1S/C18H30N6O2/c1-20-18(22-9-5-11-26-2)23-12-14-6-3-8-21-17(14)24-10-4-7-15(13-24)16(19)25/h3,6,8,15H,4-5,7,9-13H2,1-2H3,(H2,19,25)(H2,20,22,23). The molecule has 1 saturated heterocycles. The molecule has 26 heavy (non-hydrogen) atoms. The largest absolute Gasteiger partial charge is 0.385 e. The third-order valence-electron chi connectivity index (χ3n) is 4.48. The molecule has 1 aliphatic rings. The Balaban J connectivity index is 1.96. The lowest BCUT2D eigenvalue weighted by molar-refractivity contribution is -0.122. The van der Waals surface area contributed by atoms with Crippen LogP contribution in [0.15, 0.2) is 23.3 Å². The Morgan fingerprint density at radius 2 is 2.35 bits per heavy atom. The topological polar surface area (TPSA) is 105 Å². The number of carbonyl (C=O) groups is 1. The van der Waals surface area contributed by atoms with E-state index in [-0.39, 0.29) is 11.8 Å². The molecule has 0 aromatic carbocycles. The van der Waals surface area contributed by atoms with Gasteiger partial charge in [0, 0.05) is 58.7 Å². The van der Waals surface area contributed by atoms with Gasteiger partial charge >= 0.3 is 0 Å². The van der Waals surface area contributed by atoms with Crippen LogP contribution in [-0.4, -0.2) is 57.2 Å². The van der Waals surface area contributed by atoms with E-state index in [4.69, 9.17) is 10.5 Å². The highest BCUT2D eigenvalue weighted by molar-refractivity contribution is 5.80. The number of hydrogen-bond acceptors (Lipinski definition) is 5. The average molecular weight is 362 g/mol. The number of nitrogens with two attached hydrogens (primary N) is 1. The van der Waals surface area contributed by atoms with Crippen molar-refractivity contribution in [1.29, 1.82) is 0 Å². The fourth-order valence-electron chi connectivity index (χ4n) is 3.08. The van der Waals surface area contributed by atoms with Crippen LogP contribution in [0.4, 0.5) is 5.82 Å². The van der Waals surface area contributed by atoms with E-state index < -0.39 is 0 Å². The Morgan fingerprint density at radius 3 is 3.08 bits per heavy atom. The molecule has 1 atom stereocenters. The lowest BCUT2D eigenvalue weighted by Gasteiger charge is -2.33. The van der Waals surface area contributed by atoms with Crippen LogP contribution < -0.4 is 21.3 Å². The number of piperidine rings is 1. The molecule has 1 amide bonds. The van der Waals surface area contributed by atoms with E-state index in [0.29, 0.717) is 19.7 Å². The normalized spacial score (nSPS) is 17.8. The van der Waals surface area contributed by atoms with Gasteiger partial charge in [-0.05, 0) is 25.3 Å². The molecule has 1 aliphatic heterocycles. The van der Waals surface area contributed by atoms with Crippen LogP contribution in [0.2, 0.25) is 0 Å². The number of anilines is 1. The highest BCUT2D eigenvalue weighted by Gasteiger charge is 2.25. The number of rotatable bonds is 8. The van der Waals surface area contributed by atoms with Crippen LogP contribution >= 0.6 is 0 Å². The van der Waals surface area contributed by atoms with E-state index in [0.717, 1.165) is 49.7 Å². The number of nitrogens with one attached hydrogen (secondary N) is 2. The van der Waals surface area contributed by atoms with Crippen LogP contribution in [0.1, 0.15) is 24.8 Å². The molecule has 8 nitrogen and oxygen atoms in total. The van der Waals surface area contributed by atoms with Gasteiger partial charge in [-0.3, -0.25) is 9.79 Å². The van der Waals surface area contributed by atoms with Gasteiger partial charge in [-0.15, -0.1) is 0 Å². The van der Waals surface area contributed by atoms with Crippen molar-refractivity contribution in [2.24, 2.45) is 16.6 Å². The Labute approximate surface area is 155 Å².